The van der Waals surface area contributed by atoms with Gasteiger partial charge in [0.05, 0.1) is 27.8 Å². The van der Waals surface area contributed by atoms with Crippen LogP contribution in [0.1, 0.15) is 5.56 Å². The zero-order chi connectivity index (χ0) is 24.2. The molecule has 0 unspecified atom stereocenters. The van der Waals surface area contributed by atoms with Crippen LogP contribution >= 0.6 is 0 Å². The normalized spacial score (nSPS) is 11.6. The predicted molar refractivity (Wildman–Crippen MR) is 149 cm³/mol. The van der Waals surface area contributed by atoms with Crippen LogP contribution in [0.15, 0.2) is 85.2 Å². The van der Waals surface area contributed by atoms with Crippen LogP contribution in [0.4, 0.5) is 17.1 Å². The summed E-state index contributed by atoms with van der Waals surface area (Å²) in [6.45, 7) is 2.05. The van der Waals surface area contributed by atoms with Crippen molar-refractivity contribution in [3.05, 3.63) is 90.8 Å². The summed E-state index contributed by atoms with van der Waals surface area (Å²) in [6.07, 6.45) is 3.45. The average Bonchev–Trinajstić information content (AvgIpc) is 2.95. The molecule has 0 spiro atoms. The molecule has 0 bridgehead atoms. The number of rotatable bonds is 3. The van der Waals surface area contributed by atoms with Crippen molar-refractivity contribution in [3.63, 3.8) is 0 Å². The molecule has 2 heterocycles. The van der Waals surface area contributed by atoms with Crippen molar-refractivity contribution in [2.75, 3.05) is 17.7 Å². The van der Waals surface area contributed by atoms with Gasteiger partial charge in [0, 0.05) is 47.2 Å². The molecule has 0 atom stereocenters. The molecule has 6 nitrogen and oxygen atoms in total. The number of hydrogen-bond acceptors (Lipinski definition) is 6. The molecule has 172 valence electrons. The van der Waals surface area contributed by atoms with Gasteiger partial charge in [-0.3, -0.25) is 9.97 Å². The summed E-state index contributed by atoms with van der Waals surface area (Å²) in [5, 5.41) is 11.3. The lowest BCUT2D eigenvalue weighted by atomic mass is 9.99. The van der Waals surface area contributed by atoms with E-state index < -0.39 is 0 Å². The summed E-state index contributed by atoms with van der Waals surface area (Å²) >= 11 is 0. The fourth-order valence-electron chi connectivity index (χ4n) is 5.10. The van der Waals surface area contributed by atoms with Crippen LogP contribution in [0.3, 0.4) is 0 Å². The van der Waals surface area contributed by atoms with Gasteiger partial charge in [0.25, 0.3) is 0 Å². The first-order chi connectivity index (χ1) is 17.7. The minimum atomic E-state index is 0.777. The lowest BCUT2D eigenvalue weighted by Crippen LogP contribution is -2.02. The zero-order valence-corrected chi connectivity index (χ0v) is 19.9. The molecule has 0 radical (unpaired) electrons. The number of aromatic nitrogens is 4. The Balaban J connectivity index is 1.63. The third kappa shape index (κ3) is 2.98. The zero-order valence-electron chi connectivity index (χ0n) is 19.9. The third-order valence-corrected chi connectivity index (χ3v) is 6.88. The summed E-state index contributed by atoms with van der Waals surface area (Å²) in [5.41, 5.74) is 8.74. The monoisotopic (exact) mass is 466 g/mol. The van der Waals surface area contributed by atoms with Crippen LogP contribution < -0.4 is 10.6 Å². The van der Waals surface area contributed by atoms with Crippen LogP contribution in [-0.2, 0) is 0 Å². The standard InChI is InChI=1S/C30H22N6/c1-17-24-28(33-16-15-32-24)30(34-19-13-11-18(31-2)12-14-19)29-25(17)35-26-22-9-5-3-7-20(22)21-8-4-6-10-23(21)27(26)36-29/h3-16,31,34H,1-2H3. The van der Waals surface area contributed by atoms with Crippen LogP contribution in [0.5, 0.6) is 0 Å². The number of nitrogens with zero attached hydrogens (tertiary/aromatic N) is 4. The molecule has 36 heavy (non-hydrogen) atoms. The largest absolute Gasteiger partial charge is 0.388 e. The number of nitrogens with one attached hydrogen (secondary N) is 2. The molecule has 2 N–H and O–H groups in total. The highest BCUT2D eigenvalue weighted by molar-refractivity contribution is 6.24. The second kappa shape index (κ2) is 7.85. The van der Waals surface area contributed by atoms with Gasteiger partial charge in [-0.15, -0.1) is 0 Å². The minimum absolute atomic E-state index is 0.777. The smallest absolute Gasteiger partial charge is 0.116 e. The molecule has 0 amide bonds. The molecule has 0 saturated heterocycles. The molecule has 5 aromatic carbocycles. The first kappa shape index (κ1) is 20.5. The van der Waals surface area contributed by atoms with Gasteiger partial charge in [-0.2, -0.15) is 0 Å². The van der Waals surface area contributed by atoms with E-state index in [0.717, 1.165) is 66.5 Å². The molecule has 0 aliphatic rings. The second-order valence-electron chi connectivity index (χ2n) is 8.92. The molecule has 0 fully saturated rings. The summed E-state index contributed by atoms with van der Waals surface area (Å²) in [4.78, 5) is 19.9. The van der Waals surface area contributed by atoms with E-state index in [1.54, 1.807) is 12.4 Å². The van der Waals surface area contributed by atoms with Crippen LogP contribution in [0.2, 0.25) is 0 Å². The molecule has 0 saturated carbocycles. The van der Waals surface area contributed by atoms with E-state index in [1.807, 2.05) is 31.3 Å². The van der Waals surface area contributed by atoms with Gasteiger partial charge in [-0.1, -0.05) is 48.5 Å². The third-order valence-electron chi connectivity index (χ3n) is 6.88. The summed E-state index contributed by atoms with van der Waals surface area (Å²) < 4.78 is 0. The minimum Gasteiger partial charge on any atom is -0.388 e. The van der Waals surface area contributed by atoms with Crippen molar-refractivity contribution in [1.29, 1.82) is 0 Å². The van der Waals surface area contributed by atoms with E-state index >= 15 is 0 Å². The van der Waals surface area contributed by atoms with Crippen molar-refractivity contribution in [1.82, 2.24) is 19.9 Å². The summed E-state index contributed by atoms with van der Waals surface area (Å²) in [7, 11) is 1.91. The van der Waals surface area contributed by atoms with E-state index in [4.69, 9.17) is 15.0 Å². The molecule has 2 aromatic heterocycles. The Morgan fingerprint density at radius 2 is 1.06 bits per heavy atom. The average molecular weight is 467 g/mol. The molecule has 7 aromatic rings. The Hall–Kier alpha value is -4.84. The molecular weight excluding hydrogens is 444 g/mol. The van der Waals surface area contributed by atoms with Crippen molar-refractivity contribution < 1.29 is 0 Å². The van der Waals surface area contributed by atoms with E-state index in [1.165, 1.54) is 10.8 Å². The topological polar surface area (TPSA) is 75.6 Å². The van der Waals surface area contributed by atoms with E-state index in [9.17, 15) is 0 Å². The quantitative estimate of drug-likeness (QED) is 0.213. The molecular formula is C30H22N6. The van der Waals surface area contributed by atoms with E-state index in [2.05, 4.69) is 71.1 Å². The number of aryl methyl sites for hydroxylation is 1. The molecule has 6 heteroatoms. The first-order valence-electron chi connectivity index (χ1n) is 11.9. The summed E-state index contributed by atoms with van der Waals surface area (Å²) in [5.74, 6) is 0. The molecule has 7 rings (SSSR count). The number of hydrogen-bond donors (Lipinski definition) is 2. The highest BCUT2D eigenvalue weighted by Gasteiger charge is 2.19. The van der Waals surface area contributed by atoms with Gasteiger partial charge in [0.15, 0.2) is 0 Å². The highest BCUT2D eigenvalue weighted by atomic mass is 15.0. The van der Waals surface area contributed by atoms with E-state index in [0.29, 0.717) is 0 Å². The second-order valence-corrected chi connectivity index (χ2v) is 8.92. The Morgan fingerprint density at radius 1 is 0.528 bits per heavy atom. The van der Waals surface area contributed by atoms with Gasteiger partial charge < -0.3 is 10.6 Å². The number of fused-ring (bicyclic) bond motifs is 8. The van der Waals surface area contributed by atoms with Crippen LogP contribution in [-0.4, -0.2) is 27.0 Å². The number of benzene rings is 5. The van der Waals surface area contributed by atoms with Gasteiger partial charge in [0.1, 0.15) is 11.0 Å². The molecule has 0 aliphatic carbocycles. The van der Waals surface area contributed by atoms with Crippen LogP contribution in [0.25, 0.3) is 54.6 Å². The fourth-order valence-corrected chi connectivity index (χ4v) is 5.10. The SMILES string of the molecule is CNc1ccc(Nc2c3nccnc3c(C)c3nc4c5ccccc5c5ccccc5c4nc23)cc1. The maximum absolute atomic E-state index is 5.29. The lowest BCUT2D eigenvalue weighted by Gasteiger charge is -2.16. The van der Waals surface area contributed by atoms with Gasteiger partial charge in [-0.05, 0) is 42.0 Å². The van der Waals surface area contributed by atoms with Crippen molar-refractivity contribution in [2.45, 2.75) is 6.92 Å². The Labute approximate surface area is 207 Å². The Morgan fingerprint density at radius 3 is 1.67 bits per heavy atom. The van der Waals surface area contributed by atoms with Gasteiger partial charge in [0.2, 0.25) is 0 Å². The Bertz CT molecular complexity index is 1960. The maximum Gasteiger partial charge on any atom is 0.116 e. The van der Waals surface area contributed by atoms with Crippen molar-refractivity contribution in [3.8, 4) is 0 Å². The first-order valence-corrected chi connectivity index (χ1v) is 11.9. The highest BCUT2D eigenvalue weighted by Crippen LogP contribution is 2.39. The van der Waals surface area contributed by atoms with Gasteiger partial charge in [-0.25, -0.2) is 9.97 Å². The van der Waals surface area contributed by atoms with E-state index in [-0.39, 0.29) is 0 Å². The maximum atomic E-state index is 5.29. The van der Waals surface area contributed by atoms with Crippen molar-refractivity contribution >= 4 is 71.7 Å². The van der Waals surface area contributed by atoms with Crippen LogP contribution in [0, 0.1) is 6.92 Å². The fraction of sp³-hybridized carbons (Fsp3) is 0.0667. The molecule has 0 aliphatic heterocycles. The summed E-state index contributed by atoms with van der Waals surface area (Å²) in [6, 6.07) is 25.0. The van der Waals surface area contributed by atoms with Gasteiger partial charge >= 0.3 is 0 Å². The lowest BCUT2D eigenvalue weighted by molar-refractivity contribution is 1.27. The van der Waals surface area contributed by atoms with Crippen molar-refractivity contribution in [2.24, 2.45) is 0 Å². The predicted octanol–water partition coefficient (Wildman–Crippen LogP) is 7.13. The number of anilines is 3. The Kier molecular flexibility index (Phi) is 4.48.